The Balaban J connectivity index is 1.96. The number of carbonyl (C=O) groups is 1. The van der Waals surface area contributed by atoms with E-state index in [9.17, 15) is 13.6 Å². The van der Waals surface area contributed by atoms with Crippen molar-refractivity contribution in [3.05, 3.63) is 29.8 Å². The van der Waals surface area contributed by atoms with Crippen LogP contribution in [-0.2, 0) is 4.74 Å². The lowest BCUT2D eigenvalue weighted by Crippen LogP contribution is -2.43. The predicted octanol–water partition coefficient (Wildman–Crippen LogP) is 1.74. The second-order valence-corrected chi connectivity index (χ2v) is 5.11. The molecular formula is C15H20F2N2O3. The van der Waals surface area contributed by atoms with Crippen molar-refractivity contribution in [1.82, 2.24) is 10.2 Å². The molecule has 1 fully saturated rings. The molecule has 1 aromatic carbocycles. The quantitative estimate of drug-likeness (QED) is 0.869. The summed E-state index contributed by atoms with van der Waals surface area (Å²) in [4.78, 5) is 14.4. The van der Waals surface area contributed by atoms with Gasteiger partial charge < -0.3 is 14.8 Å². The molecule has 0 saturated carbocycles. The third-order valence-electron chi connectivity index (χ3n) is 3.75. The highest BCUT2D eigenvalue weighted by Gasteiger charge is 2.33. The van der Waals surface area contributed by atoms with Gasteiger partial charge in [0, 0.05) is 25.8 Å². The van der Waals surface area contributed by atoms with Gasteiger partial charge in [-0.2, -0.15) is 8.78 Å². The number of benzene rings is 1. The lowest BCUT2D eigenvalue weighted by molar-refractivity contribution is -0.0498. The maximum Gasteiger partial charge on any atom is 0.387 e. The van der Waals surface area contributed by atoms with Gasteiger partial charge in [-0.3, -0.25) is 9.69 Å². The summed E-state index contributed by atoms with van der Waals surface area (Å²) in [5.41, 5.74) is 0.395. The number of likely N-dealkylation sites (tertiary alicyclic amines) is 1. The zero-order valence-electron chi connectivity index (χ0n) is 12.6. The number of rotatable bonds is 6. The number of alkyl halides is 2. The molecule has 0 unspecified atom stereocenters. The van der Waals surface area contributed by atoms with E-state index < -0.39 is 6.61 Å². The van der Waals surface area contributed by atoms with E-state index in [2.05, 4.69) is 21.9 Å². The Labute approximate surface area is 128 Å². The van der Waals surface area contributed by atoms with Crippen molar-refractivity contribution in [2.24, 2.45) is 0 Å². The monoisotopic (exact) mass is 314 g/mol. The van der Waals surface area contributed by atoms with Crippen LogP contribution in [0.15, 0.2) is 24.3 Å². The van der Waals surface area contributed by atoms with E-state index in [4.69, 9.17) is 4.74 Å². The van der Waals surface area contributed by atoms with E-state index in [1.165, 1.54) is 24.3 Å². The Bertz CT molecular complexity index is 496. The van der Waals surface area contributed by atoms with Gasteiger partial charge in [0.1, 0.15) is 5.75 Å². The molecule has 2 atom stereocenters. The summed E-state index contributed by atoms with van der Waals surface area (Å²) in [5.74, 6) is -0.229. The van der Waals surface area contributed by atoms with Crippen LogP contribution >= 0.6 is 0 Å². The number of nitrogens with zero attached hydrogens (tertiary/aromatic N) is 1. The molecule has 22 heavy (non-hydrogen) atoms. The number of hydrogen-bond acceptors (Lipinski definition) is 4. The van der Waals surface area contributed by atoms with Crippen LogP contribution in [0.5, 0.6) is 5.75 Å². The van der Waals surface area contributed by atoms with E-state index in [0.29, 0.717) is 5.56 Å². The van der Waals surface area contributed by atoms with Crippen molar-refractivity contribution in [2.45, 2.75) is 25.7 Å². The fraction of sp³-hybridized carbons (Fsp3) is 0.533. The fourth-order valence-electron chi connectivity index (χ4n) is 2.53. The van der Waals surface area contributed by atoms with Crippen molar-refractivity contribution in [1.29, 1.82) is 0 Å². The Hall–Kier alpha value is -1.73. The topological polar surface area (TPSA) is 50.8 Å². The maximum absolute atomic E-state index is 12.2. The number of nitrogens with one attached hydrogen (secondary N) is 1. The highest BCUT2D eigenvalue weighted by Crippen LogP contribution is 2.16. The zero-order chi connectivity index (χ0) is 16.1. The average Bonchev–Trinajstić information content (AvgIpc) is 2.89. The third kappa shape index (κ3) is 4.14. The Morgan fingerprint density at radius 1 is 1.36 bits per heavy atom. The van der Waals surface area contributed by atoms with Crippen LogP contribution in [0.2, 0.25) is 0 Å². The standard InChI is InChI=1S/C15H20F2N2O3/c1-3-19-8-12(13(9-19)21-2)18-14(20)10-4-6-11(7-5-10)22-15(16)17/h4-7,12-13,15H,3,8-9H2,1-2H3,(H,18,20)/t12-,13-/m1/s1. The van der Waals surface area contributed by atoms with E-state index in [1.54, 1.807) is 7.11 Å². The van der Waals surface area contributed by atoms with Crippen LogP contribution in [0.3, 0.4) is 0 Å². The van der Waals surface area contributed by atoms with Gasteiger partial charge in [0.2, 0.25) is 0 Å². The molecule has 122 valence electrons. The normalized spacial score (nSPS) is 22.0. The average molecular weight is 314 g/mol. The van der Waals surface area contributed by atoms with Crippen molar-refractivity contribution in [2.75, 3.05) is 26.7 Å². The SMILES string of the molecule is CCN1C[C@@H](NC(=O)c2ccc(OC(F)F)cc2)[C@H](OC)C1. The molecular weight excluding hydrogens is 294 g/mol. The lowest BCUT2D eigenvalue weighted by atomic mass is 10.1. The van der Waals surface area contributed by atoms with Crippen molar-refractivity contribution in [3.8, 4) is 5.75 Å². The number of ether oxygens (including phenoxy) is 2. The number of hydrogen-bond donors (Lipinski definition) is 1. The fourth-order valence-corrected chi connectivity index (χ4v) is 2.53. The highest BCUT2D eigenvalue weighted by molar-refractivity contribution is 5.94. The molecule has 1 amide bonds. The number of halogens is 2. The third-order valence-corrected chi connectivity index (χ3v) is 3.75. The first-order valence-electron chi connectivity index (χ1n) is 7.14. The second-order valence-electron chi connectivity index (χ2n) is 5.11. The van der Waals surface area contributed by atoms with Gasteiger partial charge in [0.25, 0.3) is 5.91 Å². The van der Waals surface area contributed by atoms with Crippen LogP contribution in [0.25, 0.3) is 0 Å². The molecule has 1 N–H and O–H groups in total. The summed E-state index contributed by atoms with van der Waals surface area (Å²) in [6.45, 7) is 1.58. The highest BCUT2D eigenvalue weighted by atomic mass is 19.3. The summed E-state index contributed by atoms with van der Waals surface area (Å²) in [7, 11) is 1.62. The minimum Gasteiger partial charge on any atom is -0.435 e. The van der Waals surface area contributed by atoms with E-state index >= 15 is 0 Å². The molecule has 1 aromatic rings. The molecule has 0 aliphatic carbocycles. The molecule has 1 aliphatic rings. The van der Waals surface area contributed by atoms with E-state index in [1.807, 2.05) is 0 Å². The second kappa shape index (κ2) is 7.51. The summed E-state index contributed by atoms with van der Waals surface area (Å²) in [6.07, 6.45) is -0.0506. The molecule has 1 heterocycles. The molecule has 1 aliphatic heterocycles. The van der Waals surface area contributed by atoms with E-state index in [-0.39, 0.29) is 23.8 Å². The van der Waals surface area contributed by atoms with Gasteiger partial charge in [-0.1, -0.05) is 6.92 Å². The van der Waals surface area contributed by atoms with Crippen LogP contribution in [0, 0.1) is 0 Å². The first kappa shape index (κ1) is 16.6. The number of amides is 1. The number of methoxy groups -OCH3 is 1. The molecule has 7 heteroatoms. The lowest BCUT2D eigenvalue weighted by Gasteiger charge is -2.18. The predicted molar refractivity (Wildman–Crippen MR) is 77.2 cm³/mol. The van der Waals surface area contributed by atoms with Crippen molar-refractivity contribution < 1.29 is 23.0 Å². The minimum atomic E-state index is -2.87. The van der Waals surface area contributed by atoms with Crippen LogP contribution in [0.1, 0.15) is 17.3 Å². The van der Waals surface area contributed by atoms with Crippen LogP contribution < -0.4 is 10.1 Å². The molecule has 5 nitrogen and oxygen atoms in total. The Kier molecular flexibility index (Phi) is 5.68. The Morgan fingerprint density at radius 3 is 2.59 bits per heavy atom. The van der Waals surface area contributed by atoms with Crippen molar-refractivity contribution in [3.63, 3.8) is 0 Å². The summed E-state index contributed by atoms with van der Waals surface area (Å²) < 4.78 is 33.8. The molecule has 0 aromatic heterocycles. The van der Waals surface area contributed by atoms with Gasteiger partial charge in [-0.05, 0) is 30.8 Å². The van der Waals surface area contributed by atoms with Crippen LogP contribution in [-0.4, -0.2) is 56.3 Å². The smallest absolute Gasteiger partial charge is 0.387 e. The summed E-state index contributed by atoms with van der Waals surface area (Å²) in [5, 5.41) is 2.93. The van der Waals surface area contributed by atoms with Gasteiger partial charge >= 0.3 is 6.61 Å². The molecule has 0 radical (unpaired) electrons. The first-order valence-corrected chi connectivity index (χ1v) is 7.14. The molecule has 0 spiro atoms. The summed E-state index contributed by atoms with van der Waals surface area (Å²) in [6, 6.07) is 5.53. The minimum absolute atomic E-state index is 0.0272. The zero-order valence-corrected chi connectivity index (χ0v) is 12.6. The first-order chi connectivity index (χ1) is 10.5. The number of carbonyl (C=O) groups excluding carboxylic acids is 1. The molecule has 2 rings (SSSR count). The number of likely N-dealkylation sites (N-methyl/N-ethyl adjacent to an activating group) is 1. The van der Waals surface area contributed by atoms with Gasteiger partial charge in [0.05, 0.1) is 12.1 Å². The molecule has 1 saturated heterocycles. The van der Waals surface area contributed by atoms with Gasteiger partial charge in [0.15, 0.2) is 0 Å². The Morgan fingerprint density at radius 2 is 2.05 bits per heavy atom. The van der Waals surface area contributed by atoms with Crippen molar-refractivity contribution >= 4 is 5.91 Å². The van der Waals surface area contributed by atoms with Gasteiger partial charge in [-0.15, -0.1) is 0 Å². The maximum atomic E-state index is 12.2. The summed E-state index contributed by atoms with van der Waals surface area (Å²) >= 11 is 0. The van der Waals surface area contributed by atoms with E-state index in [0.717, 1.165) is 19.6 Å². The van der Waals surface area contributed by atoms with Gasteiger partial charge in [-0.25, -0.2) is 0 Å². The largest absolute Gasteiger partial charge is 0.435 e. The molecule has 0 bridgehead atoms. The van der Waals surface area contributed by atoms with Crippen LogP contribution in [0.4, 0.5) is 8.78 Å².